The SMILES string of the molecule is CN=C(NCCCOCCOC)NCCOc1ccc(C(C)C)cc1. The summed E-state index contributed by atoms with van der Waals surface area (Å²) in [6.07, 6.45) is 0.920. The molecule has 25 heavy (non-hydrogen) atoms. The van der Waals surface area contributed by atoms with Crippen LogP contribution in [0.4, 0.5) is 0 Å². The molecule has 1 rings (SSSR count). The Bertz CT molecular complexity index is 475. The molecule has 1 aromatic carbocycles. The van der Waals surface area contributed by atoms with Crippen molar-refractivity contribution in [2.24, 2.45) is 4.99 Å². The van der Waals surface area contributed by atoms with E-state index in [-0.39, 0.29) is 0 Å². The molecule has 6 heteroatoms. The minimum absolute atomic E-state index is 0.537. The number of ether oxygens (including phenoxy) is 3. The van der Waals surface area contributed by atoms with Gasteiger partial charge in [0.2, 0.25) is 0 Å². The Balaban J connectivity index is 2.10. The molecule has 0 aromatic heterocycles. The molecule has 0 amide bonds. The summed E-state index contributed by atoms with van der Waals surface area (Å²) in [5.74, 6) is 2.20. The van der Waals surface area contributed by atoms with Crippen LogP contribution in [0.15, 0.2) is 29.3 Å². The number of rotatable bonds is 12. The fourth-order valence-corrected chi connectivity index (χ4v) is 2.13. The van der Waals surface area contributed by atoms with E-state index in [1.807, 2.05) is 12.1 Å². The van der Waals surface area contributed by atoms with Gasteiger partial charge >= 0.3 is 0 Å². The number of nitrogens with zero attached hydrogens (tertiary/aromatic N) is 1. The largest absolute Gasteiger partial charge is 0.492 e. The summed E-state index contributed by atoms with van der Waals surface area (Å²) in [5.41, 5.74) is 1.32. The first kappa shape index (κ1) is 21.3. The highest BCUT2D eigenvalue weighted by Crippen LogP contribution is 2.18. The van der Waals surface area contributed by atoms with Crippen molar-refractivity contribution in [3.8, 4) is 5.75 Å². The van der Waals surface area contributed by atoms with Crippen LogP contribution in [0.5, 0.6) is 5.75 Å². The Hall–Kier alpha value is -1.79. The van der Waals surface area contributed by atoms with Crippen molar-refractivity contribution >= 4 is 5.96 Å². The molecule has 0 aliphatic heterocycles. The second kappa shape index (κ2) is 13.5. The van der Waals surface area contributed by atoms with Gasteiger partial charge in [0.15, 0.2) is 5.96 Å². The monoisotopic (exact) mass is 351 g/mol. The molecule has 6 nitrogen and oxygen atoms in total. The van der Waals surface area contributed by atoms with Crippen molar-refractivity contribution in [1.82, 2.24) is 10.6 Å². The second-order valence-corrected chi connectivity index (χ2v) is 5.96. The number of aliphatic imine (C=N–C) groups is 1. The van der Waals surface area contributed by atoms with E-state index in [0.29, 0.717) is 38.9 Å². The fourth-order valence-electron chi connectivity index (χ4n) is 2.13. The van der Waals surface area contributed by atoms with Crippen LogP contribution in [0, 0.1) is 0 Å². The van der Waals surface area contributed by atoms with Crippen molar-refractivity contribution in [2.45, 2.75) is 26.2 Å². The summed E-state index contributed by atoms with van der Waals surface area (Å²) in [7, 11) is 3.43. The quantitative estimate of drug-likeness (QED) is 0.344. The Labute approximate surface area is 152 Å². The molecule has 0 bridgehead atoms. The lowest BCUT2D eigenvalue weighted by molar-refractivity contribution is 0.0698. The summed E-state index contributed by atoms with van der Waals surface area (Å²) < 4.78 is 16.1. The molecule has 0 atom stereocenters. The van der Waals surface area contributed by atoms with Crippen molar-refractivity contribution in [3.63, 3.8) is 0 Å². The third kappa shape index (κ3) is 9.94. The average molecular weight is 351 g/mol. The number of benzene rings is 1. The van der Waals surface area contributed by atoms with E-state index in [0.717, 1.165) is 24.7 Å². The average Bonchev–Trinajstić information content (AvgIpc) is 2.63. The van der Waals surface area contributed by atoms with Crippen molar-refractivity contribution in [2.75, 3.05) is 53.7 Å². The summed E-state index contributed by atoms with van der Waals surface area (Å²) >= 11 is 0. The molecule has 0 saturated carbocycles. The van der Waals surface area contributed by atoms with Crippen LogP contribution in [0.1, 0.15) is 31.7 Å². The smallest absolute Gasteiger partial charge is 0.191 e. The van der Waals surface area contributed by atoms with Crippen molar-refractivity contribution in [3.05, 3.63) is 29.8 Å². The van der Waals surface area contributed by atoms with Crippen LogP contribution in [0.2, 0.25) is 0 Å². The van der Waals surface area contributed by atoms with Gasteiger partial charge in [-0.3, -0.25) is 4.99 Å². The highest BCUT2D eigenvalue weighted by molar-refractivity contribution is 5.79. The maximum absolute atomic E-state index is 5.74. The van der Waals surface area contributed by atoms with Gasteiger partial charge in [-0.25, -0.2) is 0 Å². The first-order valence-corrected chi connectivity index (χ1v) is 8.91. The van der Waals surface area contributed by atoms with E-state index in [1.54, 1.807) is 14.2 Å². The van der Waals surface area contributed by atoms with Crippen LogP contribution in [0.25, 0.3) is 0 Å². The van der Waals surface area contributed by atoms with Crippen molar-refractivity contribution < 1.29 is 14.2 Å². The van der Waals surface area contributed by atoms with E-state index in [9.17, 15) is 0 Å². The van der Waals surface area contributed by atoms with Gasteiger partial charge in [0.1, 0.15) is 12.4 Å². The maximum Gasteiger partial charge on any atom is 0.191 e. The summed E-state index contributed by atoms with van der Waals surface area (Å²) in [5, 5.41) is 6.48. The normalized spacial score (nSPS) is 11.6. The lowest BCUT2D eigenvalue weighted by Gasteiger charge is -2.13. The van der Waals surface area contributed by atoms with E-state index in [4.69, 9.17) is 14.2 Å². The van der Waals surface area contributed by atoms with Gasteiger partial charge < -0.3 is 24.8 Å². The highest BCUT2D eigenvalue weighted by Gasteiger charge is 2.00. The molecule has 0 fully saturated rings. The van der Waals surface area contributed by atoms with Gasteiger partial charge in [0.25, 0.3) is 0 Å². The second-order valence-electron chi connectivity index (χ2n) is 5.96. The Kier molecular flexibility index (Phi) is 11.5. The molecule has 0 unspecified atom stereocenters. The van der Waals surface area contributed by atoms with E-state index < -0.39 is 0 Å². The lowest BCUT2D eigenvalue weighted by Crippen LogP contribution is -2.39. The Morgan fingerprint density at radius 1 is 1.00 bits per heavy atom. The summed E-state index contributed by atoms with van der Waals surface area (Å²) in [6.45, 7) is 8.44. The third-order valence-corrected chi connectivity index (χ3v) is 3.62. The van der Waals surface area contributed by atoms with E-state index >= 15 is 0 Å². The van der Waals surface area contributed by atoms with Gasteiger partial charge in [0, 0.05) is 27.3 Å². The number of nitrogens with one attached hydrogen (secondary N) is 2. The maximum atomic E-state index is 5.74. The number of hydrogen-bond acceptors (Lipinski definition) is 4. The van der Waals surface area contributed by atoms with Gasteiger partial charge in [-0.2, -0.15) is 0 Å². The Morgan fingerprint density at radius 2 is 1.72 bits per heavy atom. The topological polar surface area (TPSA) is 64.1 Å². The molecule has 0 heterocycles. The van der Waals surface area contributed by atoms with Crippen LogP contribution in [0.3, 0.4) is 0 Å². The first-order chi connectivity index (χ1) is 12.2. The molecule has 2 N–H and O–H groups in total. The molecule has 1 aromatic rings. The van der Waals surface area contributed by atoms with Gasteiger partial charge in [-0.05, 0) is 30.0 Å². The summed E-state index contributed by atoms with van der Waals surface area (Å²) in [6, 6.07) is 8.27. The minimum atomic E-state index is 0.537. The van der Waals surface area contributed by atoms with Crippen LogP contribution in [-0.4, -0.2) is 59.6 Å². The molecule has 0 aliphatic carbocycles. The third-order valence-electron chi connectivity index (χ3n) is 3.62. The van der Waals surface area contributed by atoms with Crippen molar-refractivity contribution in [1.29, 1.82) is 0 Å². The highest BCUT2D eigenvalue weighted by atomic mass is 16.5. The molecule has 0 radical (unpaired) electrons. The minimum Gasteiger partial charge on any atom is -0.492 e. The summed E-state index contributed by atoms with van der Waals surface area (Å²) in [4.78, 5) is 4.19. The standard InChI is InChI=1S/C19H33N3O3/c1-16(2)17-6-8-18(9-7-17)25-13-11-22-19(20-3)21-10-5-12-24-15-14-23-4/h6-9,16H,5,10-15H2,1-4H3,(H2,20,21,22). The van der Waals surface area contributed by atoms with Crippen LogP contribution >= 0.6 is 0 Å². The van der Waals surface area contributed by atoms with Crippen LogP contribution in [-0.2, 0) is 9.47 Å². The molecular formula is C19H33N3O3. The van der Waals surface area contributed by atoms with E-state index in [1.165, 1.54) is 5.56 Å². The predicted octanol–water partition coefficient (Wildman–Crippen LogP) is 2.41. The lowest BCUT2D eigenvalue weighted by atomic mass is 10.0. The zero-order chi connectivity index (χ0) is 18.3. The molecule has 0 aliphatic rings. The molecule has 142 valence electrons. The Morgan fingerprint density at radius 3 is 2.36 bits per heavy atom. The van der Waals surface area contributed by atoms with Crippen LogP contribution < -0.4 is 15.4 Å². The zero-order valence-electron chi connectivity index (χ0n) is 16.0. The molecule has 0 spiro atoms. The van der Waals surface area contributed by atoms with E-state index in [2.05, 4.69) is 41.6 Å². The zero-order valence-corrected chi connectivity index (χ0v) is 16.0. The number of methoxy groups -OCH3 is 1. The van der Waals surface area contributed by atoms with Gasteiger partial charge in [-0.1, -0.05) is 26.0 Å². The number of hydrogen-bond donors (Lipinski definition) is 2. The number of guanidine groups is 1. The van der Waals surface area contributed by atoms with Gasteiger partial charge in [0.05, 0.1) is 19.8 Å². The molecular weight excluding hydrogens is 318 g/mol. The predicted molar refractivity (Wildman–Crippen MR) is 103 cm³/mol. The molecule has 0 saturated heterocycles. The first-order valence-electron chi connectivity index (χ1n) is 8.91. The fraction of sp³-hybridized carbons (Fsp3) is 0.632. The van der Waals surface area contributed by atoms with Gasteiger partial charge in [-0.15, -0.1) is 0 Å².